The number of nitrogens with zero attached hydrogens (tertiary/aromatic N) is 4. The van der Waals surface area contributed by atoms with Crippen LogP contribution in [0.25, 0.3) is 0 Å². The number of ether oxygens (including phenoxy) is 1. The number of carbonyl (C=O) groups is 1. The fraction of sp³-hybridized carbons (Fsp3) is 0.273. The van der Waals surface area contributed by atoms with E-state index in [4.69, 9.17) is 22.2 Å². The van der Waals surface area contributed by atoms with Crippen LogP contribution >= 0.6 is 12.2 Å². The van der Waals surface area contributed by atoms with Crippen molar-refractivity contribution in [1.29, 1.82) is 5.26 Å². The largest absolute Gasteiger partial charge is 0.495 e. The minimum atomic E-state index is -4.48. The van der Waals surface area contributed by atoms with Crippen LogP contribution in [-0.4, -0.2) is 45.2 Å². The van der Waals surface area contributed by atoms with Crippen LogP contribution in [0.4, 0.5) is 18.9 Å². The number of carbonyl (C=O) groups excluding carboxylic acids is 1. The highest BCUT2D eigenvalue weighted by Gasteiger charge is 2.33. The fourth-order valence-electron chi connectivity index (χ4n) is 4.91. The zero-order chi connectivity index (χ0) is 32.4. The highest BCUT2D eigenvalue weighted by atomic mass is 32.1. The molecule has 234 valence electrons. The van der Waals surface area contributed by atoms with E-state index in [1.807, 2.05) is 29.7 Å². The smallest absolute Gasteiger partial charge is 0.416 e. The first-order valence-corrected chi connectivity index (χ1v) is 14.6. The number of methoxy groups -OCH3 is 1. The summed E-state index contributed by atoms with van der Waals surface area (Å²) in [6, 6.07) is 21.3. The molecule has 3 aromatic carbocycles. The molecule has 0 aliphatic heterocycles. The zero-order valence-electron chi connectivity index (χ0n) is 24.8. The van der Waals surface area contributed by atoms with Crippen molar-refractivity contribution in [1.82, 2.24) is 19.8 Å². The van der Waals surface area contributed by atoms with Crippen molar-refractivity contribution in [2.45, 2.75) is 45.1 Å². The number of amides is 1. The number of benzene rings is 3. The van der Waals surface area contributed by atoms with Gasteiger partial charge in [-0.25, -0.2) is 4.98 Å². The molecule has 4 aromatic rings. The SMILES string of the molecule is CC[C@@H](CNCc1ccccc1C(F)(F)F)N(C(=O)Cc1cncn1Cc1ccc(C#N)cc1)C(=S)Nc1ccccc1OC. The topological polar surface area (TPSA) is 95.2 Å². The van der Waals surface area contributed by atoms with Crippen LogP contribution in [0, 0.1) is 11.3 Å². The monoisotopic (exact) mass is 634 g/mol. The molecule has 1 atom stereocenters. The lowest BCUT2D eigenvalue weighted by molar-refractivity contribution is -0.138. The van der Waals surface area contributed by atoms with Crippen molar-refractivity contribution in [3.63, 3.8) is 0 Å². The molecule has 0 saturated heterocycles. The summed E-state index contributed by atoms with van der Waals surface area (Å²) in [5, 5.41) is 15.5. The number of aromatic nitrogens is 2. The summed E-state index contributed by atoms with van der Waals surface area (Å²) in [5.74, 6) is 0.219. The summed E-state index contributed by atoms with van der Waals surface area (Å²) >= 11 is 5.77. The fourth-order valence-corrected chi connectivity index (χ4v) is 5.27. The lowest BCUT2D eigenvalue weighted by atomic mass is 10.1. The number of hydrogen-bond donors (Lipinski definition) is 2. The van der Waals surface area contributed by atoms with Crippen molar-refractivity contribution < 1.29 is 22.7 Å². The van der Waals surface area contributed by atoms with E-state index in [1.165, 1.54) is 24.1 Å². The van der Waals surface area contributed by atoms with Gasteiger partial charge < -0.3 is 19.9 Å². The summed E-state index contributed by atoms with van der Waals surface area (Å²) in [6.45, 7) is 2.47. The Balaban J connectivity index is 1.56. The molecule has 1 aromatic heterocycles. The van der Waals surface area contributed by atoms with Gasteiger partial charge in [0.1, 0.15) is 5.75 Å². The summed E-state index contributed by atoms with van der Waals surface area (Å²) < 4.78 is 48.0. The van der Waals surface area contributed by atoms with Crippen molar-refractivity contribution in [3.8, 4) is 11.8 Å². The second-order valence-electron chi connectivity index (χ2n) is 10.2. The Hall–Kier alpha value is -4.73. The number of thiocarbonyl (C=S) groups is 1. The Morgan fingerprint density at radius 2 is 1.82 bits per heavy atom. The van der Waals surface area contributed by atoms with Crippen molar-refractivity contribution in [2.24, 2.45) is 0 Å². The Bertz CT molecular complexity index is 1650. The molecule has 1 amide bonds. The molecule has 4 rings (SSSR count). The van der Waals surface area contributed by atoms with Gasteiger partial charge in [-0.05, 0) is 60.1 Å². The number of nitrogens with one attached hydrogen (secondary N) is 2. The first-order valence-electron chi connectivity index (χ1n) is 14.2. The number of alkyl halides is 3. The third-order valence-electron chi connectivity index (χ3n) is 7.26. The van der Waals surface area contributed by atoms with Gasteiger partial charge in [0.05, 0.1) is 48.8 Å². The van der Waals surface area contributed by atoms with E-state index >= 15 is 0 Å². The van der Waals surface area contributed by atoms with Crippen LogP contribution < -0.4 is 15.4 Å². The molecule has 0 saturated carbocycles. The molecule has 8 nitrogen and oxygen atoms in total. The van der Waals surface area contributed by atoms with Gasteiger partial charge >= 0.3 is 6.18 Å². The molecule has 0 radical (unpaired) electrons. The highest BCUT2D eigenvalue weighted by Crippen LogP contribution is 2.32. The van der Waals surface area contributed by atoms with Gasteiger partial charge in [-0.1, -0.05) is 49.4 Å². The van der Waals surface area contributed by atoms with Gasteiger partial charge in [0.15, 0.2) is 5.11 Å². The second-order valence-corrected chi connectivity index (χ2v) is 10.6. The van der Waals surface area contributed by atoms with Crippen molar-refractivity contribution in [3.05, 3.63) is 113 Å². The molecule has 0 spiro atoms. The molecular formula is C33H33F3N6O2S. The van der Waals surface area contributed by atoms with Gasteiger partial charge in [-0.3, -0.25) is 9.69 Å². The molecule has 45 heavy (non-hydrogen) atoms. The summed E-state index contributed by atoms with van der Waals surface area (Å²) in [5.41, 5.74) is 2.10. The van der Waals surface area contributed by atoms with E-state index in [9.17, 15) is 18.0 Å². The average molecular weight is 635 g/mol. The van der Waals surface area contributed by atoms with Gasteiger partial charge in [0.2, 0.25) is 5.91 Å². The van der Waals surface area contributed by atoms with Crippen molar-refractivity contribution in [2.75, 3.05) is 19.0 Å². The van der Waals surface area contributed by atoms with Crippen LogP contribution in [-0.2, 0) is 30.5 Å². The first-order chi connectivity index (χ1) is 21.6. The van der Waals surface area contributed by atoms with Crippen LogP contribution in [0.15, 0.2) is 85.3 Å². The van der Waals surface area contributed by atoms with Gasteiger partial charge in [0.25, 0.3) is 0 Å². The normalized spacial score (nSPS) is 11.8. The Morgan fingerprint density at radius 1 is 1.11 bits per heavy atom. The molecule has 0 unspecified atom stereocenters. The maximum atomic E-state index is 14.0. The molecule has 0 fully saturated rings. The Labute approximate surface area is 265 Å². The lowest BCUT2D eigenvalue weighted by Crippen LogP contribution is -2.51. The first kappa shape index (κ1) is 33.2. The van der Waals surface area contributed by atoms with Crippen LogP contribution in [0.3, 0.4) is 0 Å². The van der Waals surface area contributed by atoms with E-state index in [-0.39, 0.29) is 36.1 Å². The van der Waals surface area contributed by atoms with Crippen LogP contribution in [0.1, 0.15) is 41.3 Å². The Kier molecular flexibility index (Phi) is 11.3. The molecule has 2 N–H and O–H groups in total. The number of hydrogen-bond acceptors (Lipinski definition) is 6. The summed E-state index contributed by atoms with van der Waals surface area (Å²) in [6.07, 6.45) is -0.794. The molecule has 12 heteroatoms. The van der Waals surface area contributed by atoms with E-state index < -0.39 is 17.8 Å². The Morgan fingerprint density at radius 3 is 2.51 bits per heavy atom. The van der Waals surface area contributed by atoms with Crippen molar-refractivity contribution >= 4 is 28.9 Å². The maximum absolute atomic E-state index is 14.0. The number of rotatable bonds is 12. The predicted molar refractivity (Wildman–Crippen MR) is 169 cm³/mol. The van der Waals surface area contributed by atoms with Gasteiger partial charge in [-0.2, -0.15) is 18.4 Å². The molecule has 0 bridgehead atoms. The number of anilines is 1. The quantitative estimate of drug-likeness (QED) is 0.180. The molecule has 1 heterocycles. The minimum Gasteiger partial charge on any atom is -0.495 e. The van der Waals surface area contributed by atoms with E-state index in [2.05, 4.69) is 21.7 Å². The van der Waals surface area contributed by atoms with Gasteiger partial charge in [0, 0.05) is 31.5 Å². The number of nitriles is 1. The number of para-hydroxylation sites is 2. The van der Waals surface area contributed by atoms with Gasteiger partial charge in [-0.15, -0.1) is 0 Å². The summed E-state index contributed by atoms with van der Waals surface area (Å²) in [4.78, 5) is 19.7. The number of halogens is 3. The minimum absolute atomic E-state index is 0.0303. The van der Waals surface area contributed by atoms with Crippen LogP contribution in [0.5, 0.6) is 5.75 Å². The molecular weight excluding hydrogens is 601 g/mol. The lowest BCUT2D eigenvalue weighted by Gasteiger charge is -2.32. The predicted octanol–water partition coefficient (Wildman–Crippen LogP) is 6.17. The summed E-state index contributed by atoms with van der Waals surface area (Å²) in [7, 11) is 1.53. The second kappa shape index (κ2) is 15.3. The standard InChI is InChI=1S/C33H33F3N6O2S/c1-3-26(19-38-18-25-8-4-5-9-28(25)33(34,35)36)42(32(45)40-29-10-6-7-11-30(29)44-2)31(43)16-27-20-39-22-41(27)21-24-14-12-23(17-37)13-15-24/h4-15,20,22,26,38H,3,16,18-19,21H2,1-2H3,(H,40,45)/t26-/m0/s1. The average Bonchev–Trinajstić information content (AvgIpc) is 3.46. The van der Waals surface area contributed by atoms with E-state index in [0.29, 0.717) is 35.7 Å². The van der Waals surface area contributed by atoms with E-state index in [1.54, 1.807) is 48.9 Å². The number of imidazole rings is 1. The zero-order valence-corrected chi connectivity index (χ0v) is 25.7. The highest BCUT2D eigenvalue weighted by molar-refractivity contribution is 7.80. The molecule has 0 aliphatic rings. The third-order valence-corrected chi connectivity index (χ3v) is 7.56. The third kappa shape index (κ3) is 8.68. The van der Waals surface area contributed by atoms with E-state index in [0.717, 1.165) is 11.6 Å². The maximum Gasteiger partial charge on any atom is 0.416 e. The van der Waals surface area contributed by atoms with Crippen LogP contribution in [0.2, 0.25) is 0 Å². The molecule has 0 aliphatic carbocycles.